The highest BCUT2D eigenvalue weighted by Gasteiger charge is 2.19. The quantitative estimate of drug-likeness (QED) is 0.817. The third-order valence-electron chi connectivity index (χ3n) is 2.06. The van der Waals surface area contributed by atoms with Gasteiger partial charge in [0.15, 0.2) is 11.5 Å². The summed E-state index contributed by atoms with van der Waals surface area (Å²) in [5.41, 5.74) is 0.772. The predicted molar refractivity (Wildman–Crippen MR) is 50.6 cm³/mol. The maximum absolute atomic E-state index is 10.7. The topological polar surface area (TPSA) is 76.5 Å². The van der Waals surface area contributed by atoms with Crippen LogP contribution in [0.1, 0.15) is 21.8 Å². The molecule has 1 N–H and O–H groups in total. The lowest BCUT2D eigenvalue weighted by Crippen LogP contribution is -1.98. The van der Waals surface area contributed by atoms with Gasteiger partial charge in [-0.15, -0.1) is 0 Å². The summed E-state index contributed by atoms with van der Waals surface area (Å²) in [7, 11) is 0. The zero-order chi connectivity index (χ0) is 11.0. The molecule has 0 saturated heterocycles. The normalized spacial score (nSPS) is 10.5. The number of nitrogens with zero attached hydrogens (tertiary/aromatic N) is 1. The molecule has 0 aliphatic heterocycles. The van der Waals surface area contributed by atoms with Crippen LogP contribution in [0.15, 0.2) is 21.2 Å². The van der Waals surface area contributed by atoms with Gasteiger partial charge < -0.3 is 13.9 Å². The van der Waals surface area contributed by atoms with Crippen molar-refractivity contribution in [3.8, 4) is 11.7 Å². The second-order valence-corrected chi connectivity index (χ2v) is 3.16. The van der Waals surface area contributed by atoms with E-state index in [-0.39, 0.29) is 17.3 Å². The van der Waals surface area contributed by atoms with Crippen molar-refractivity contribution in [2.75, 3.05) is 0 Å². The van der Waals surface area contributed by atoms with Crippen molar-refractivity contribution in [1.82, 2.24) is 4.98 Å². The summed E-state index contributed by atoms with van der Waals surface area (Å²) in [6.45, 7) is 3.39. The maximum atomic E-state index is 10.7. The first kappa shape index (κ1) is 9.51. The standard InChI is InChI=1S/C10H9NO4/c1-5-3-4-14-8(5)9-11-7(10(12)13)6(2)15-9/h3-4H,1-2H3,(H,12,13). The van der Waals surface area contributed by atoms with Gasteiger partial charge in [0, 0.05) is 5.56 Å². The molecule has 0 fully saturated rings. The first-order chi connectivity index (χ1) is 7.09. The molecule has 0 atom stereocenters. The van der Waals surface area contributed by atoms with Crippen molar-refractivity contribution in [2.24, 2.45) is 0 Å². The van der Waals surface area contributed by atoms with E-state index in [0.717, 1.165) is 5.56 Å². The molecule has 0 bridgehead atoms. The number of carboxylic acids is 1. The van der Waals surface area contributed by atoms with E-state index in [4.69, 9.17) is 13.9 Å². The van der Waals surface area contributed by atoms with Crippen molar-refractivity contribution >= 4 is 5.97 Å². The number of carbonyl (C=O) groups is 1. The van der Waals surface area contributed by atoms with Crippen LogP contribution in [0.5, 0.6) is 0 Å². The lowest BCUT2D eigenvalue weighted by molar-refractivity contribution is 0.0689. The Morgan fingerprint density at radius 1 is 1.47 bits per heavy atom. The molecule has 2 aromatic rings. The fourth-order valence-corrected chi connectivity index (χ4v) is 1.28. The fourth-order valence-electron chi connectivity index (χ4n) is 1.28. The molecule has 2 aromatic heterocycles. The molecule has 15 heavy (non-hydrogen) atoms. The van der Waals surface area contributed by atoms with Gasteiger partial charge in [-0.25, -0.2) is 4.79 Å². The van der Waals surface area contributed by atoms with Crippen LogP contribution in [0, 0.1) is 13.8 Å². The molecule has 2 heterocycles. The van der Waals surface area contributed by atoms with Crippen LogP contribution < -0.4 is 0 Å². The van der Waals surface area contributed by atoms with E-state index in [1.54, 1.807) is 13.0 Å². The van der Waals surface area contributed by atoms with Crippen LogP contribution >= 0.6 is 0 Å². The van der Waals surface area contributed by atoms with Crippen LogP contribution in [0.2, 0.25) is 0 Å². The van der Waals surface area contributed by atoms with Crippen LogP contribution in [0.25, 0.3) is 11.7 Å². The molecule has 2 rings (SSSR count). The summed E-state index contributed by atoms with van der Waals surface area (Å²) < 4.78 is 10.4. The molecule has 0 aliphatic carbocycles. The SMILES string of the molecule is Cc1ccoc1-c1nc(C(=O)O)c(C)o1. The van der Waals surface area contributed by atoms with Crippen molar-refractivity contribution in [1.29, 1.82) is 0 Å². The minimum Gasteiger partial charge on any atom is -0.476 e. The fraction of sp³-hybridized carbons (Fsp3) is 0.200. The molecule has 0 saturated carbocycles. The van der Waals surface area contributed by atoms with E-state index >= 15 is 0 Å². The van der Waals surface area contributed by atoms with Gasteiger partial charge in [0.25, 0.3) is 5.89 Å². The third-order valence-corrected chi connectivity index (χ3v) is 2.06. The third kappa shape index (κ3) is 1.52. The smallest absolute Gasteiger partial charge is 0.358 e. The first-order valence-corrected chi connectivity index (χ1v) is 4.35. The van der Waals surface area contributed by atoms with Gasteiger partial charge >= 0.3 is 5.97 Å². The second kappa shape index (κ2) is 3.27. The molecule has 5 heteroatoms. The average Bonchev–Trinajstić information content (AvgIpc) is 2.71. The molecule has 0 radical (unpaired) electrons. The molecular formula is C10H9NO4. The van der Waals surface area contributed by atoms with Gasteiger partial charge in [-0.1, -0.05) is 0 Å². The number of furan rings is 1. The molecule has 0 aromatic carbocycles. The van der Waals surface area contributed by atoms with Gasteiger partial charge in [0.2, 0.25) is 0 Å². The minimum absolute atomic E-state index is 0.0826. The Labute approximate surface area is 85.3 Å². The number of carboxylic acid groups (broad SMARTS) is 1. The average molecular weight is 207 g/mol. The highest BCUT2D eigenvalue weighted by Crippen LogP contribution is 2.25. The Morgan fingerprint density at radius 2 is 2.20 bits per heavy atom. The molecule has 0 unspecified atom stereocenters. The van der Waals surface area contributed by atoms with Gasteiger partial charge in [0.1, 0.15) is 5.76 Å². The highest BCUT2D eigenvalue weighted by molar-refractivity contribution is 5.86. The second-order valence-electron chi connectivity index (χ2n) is 3.16. The first-order valence-electron chi connectivity index (χ1n) is 4.35. The number of hydrogen-bond donors (Lipinski definition) is 1. The Morgan fingerprint density at radius 3 is 2.67 bits per heavy atom. The molecule has 0 aliphatic rings. The lowest BCUT2D eigenvalue weighted by atomic mass is 10.3. The summed E-state index contributed by atoms with van der Waals surface area (Å²) in [5, 5.41) is 8.79. The largest absolute Gasteiger partial charge is 0.476 e. The van der Waals surface area contributed by atoms with Crippen molar-refractivity contribution in [3.63, 3.8) is 0 Å². The molecule has 78 valence electrons. The number of oxazole rings is 1. The van der Waals surface area contributed by atoms with Crippen LogP contribution in [-0.2, 0) is 0 Å². The van der Waals surface area contributed by atoms with Gasteiger partial charge in [0.05, 0.1) is 6.26 Å². The van der Waals surface area contributed by atoms with E-state index in [2.05, 4.69) is 4.98 Å². The van der Waals surface area contributed by atoms with Gasteiger partial charge in [-0.05, 0) is 19.9 Å². The van der Waals surface area contributed by atoms with Crippen LogP contribution in [0.3, 0.4) is 0 Å². The monoisotopic (exact) mass is 207 g/mol. The highest BCUT2D eigenvalue weighted by atomic mass is 16.4. The summed E-state index contributed by atoms with van der Waals surface area (Å²) in [4.78, 5) is 14.6. The summed E-state index contributed by atoms with van der Waals surface area (Å²) in [6, 6.07) is 1.76. The predicted octanol–water partition coefficient (Wildman–Crippen LogP) is 2.25. The zero-order valence-corrected chi connectivity index (χ0v) is 8.27. The van der Waals surface area contributed by atoms with Crippen LogP contribution in [0.4, 0.5) is 0 Å². The minimum atomic E-state index is -1.10. The Bertz CT molecular complexity index is 509. The van der Waals surface area contributed by atoms with Crippen molar-refractivity contribution in [2.45, 2.75) is 13.8 Å². The lowest BCUT2D eigenvalue weighted by Gasteiger charge is -1.89. The Hall–Kier alpha value is -2.04. The molecule has 0 spiro atoms. The van der Waals surface area contributed by atoms with E-state index in [0.29, 0.717) is 5.76 Å². The van der Waals surface area contributed by atoms with E-state index in [1.807, 2.05) is 6.92 Å². The van der Waals surface area contributed by atoms with Crippen LogP contribution in [-0.4, -0.2) is 16.1 Å². The van der Waals surface area contributed by atoms with Gasteiger partial charge in [-0.2, -0.15) is 4.98 Å². The number of rotatable bonds is 2. The zero-order valence-electron chi connectivity index (χ0n) is 8.27. The van der Waals surface area contributed by atoms with Gasteiger partial charge in [-0.3, -0.25) is 0 Å². The molecular weight excluding hydrogens is 198 g/mol. The molecule has 0 amide bonds. The van der Waals surface area contributed by atoms with Crippen molar-refractivity contribution in [3.05, 3.63) is 29.3 Å². The van der Waals surface area contributed by atoms with Crippen molar-refractivity contribution < 1.29 is 18.7 Å². The summed E-state index contributed by atoms with van der Waals surface area (Å²) >= 11 is 0. The Kier molecular flexibility index (Phi) is 2.07. The van der Waals surface area contributed by atoms with E-state index in [1.165, 1.54) is 6.26 Å². The van der Waals surface area contributed by atoms with E-state index in [9.17, 15) is 4.79 Å². The Balaban J connectivity index is 2.52. The number of aromatic nitrogens is 1. The summed E-state index contributed by atoms with van der Waals surface area (Å²) in [6.07, 6.45) is 1.50. The number of aromatic carboxylic acids is 1. The number of hydrogen-bond acceptors (Lipinski definition) is 4. The number of aryl methyl sites for hydroxylation is 2. The summed E-state index contributed by atoms with van der Waals surface area (Å²) in [5.74, 6) is -0.169. The van der Waals surface area contributed by atoms with E-state index < -0.39 is 5.97 Å². The maximum Gasteiger partial charge on any atom is 0.358 e. The molecule has 5 nitrogen and oxygen atoms in total.